The van der Waals surface area contributed by atoms with Crippen LogP contribution in [-0.2, 0) is 6.54 Å². The second kappa shape index (κ2) is 7.13. The lowest BCUT2D eigenvalue weighted by Gasteiger charge is -2.31. The van der Waals surface area contributed by atoms with Crippen LogP contribution < -0.4 is 10.5 Å². The van der Waals surface area contributed by atoms with E-state index in [0.29, 0.717) is 11.9 Å². The van der Waals surface area contributed by atoms with Crippen LogP contribution in [-0.4, -0.2) is 42.1 Å². The van der Waals surface area contributed by atoms with Crippen LogP contribution in [0.2, 0.25) is 0 Å². The summed E-state index contributed by atoms with van der Waals surface area (Å²) in [5, 5.41) is 0. The molecule has 1 fully saturated rings. The molecule has 0 saturated carbocycles. The summed E-state index contributed by atoms with van der Waals surface area (Å²) in [6.45, 7) is 2.61. The average Bonchev–Trinajstić information content (AvgIpc) is 2.55. The largest absolute Gasteiger partial charge is 0.348 e. The molecule has 1 aliphatic heterocycles. The predicted octanol–water partition coefficient (Wildman–Crippen LogP) is 2.35. The minimum absolute atomic E-state index is 0.106. The third kappa shape index (κ3) is 4.00. The first-order valence-corrected chi connectivity index (χ1v) is 8.26. The maximum atomic E-state index is 13.3. The molecule has 5 nitrogen and oxygen atoms in total. The number of nitrogens with zero attached hydrogens (tertiary/aromatic N) is 3. The van der Waals surface area contributed by atoms with Crippen LogP contribution in [0.4, 0.5) is 10.3 Å². The quantitative estimate of drug-likeness (QED) is 0.935. The second-order valence-electron chi connectivity index (χ2n) is 6.57. The number of aromatic amines is 1. The molecule has 2 aromatic rings. The van der Waals surface area contributed by atoms with E-state index in [1.165, 1.54) is 6.07 Å². The zero-order chi connectivity index (χ0) is 17.1. The van der Waals surface area contributed by atoms with Crippen LogP contribution in [0.5, 0.6) is 0 Å². The number of benzene rings is 1. The molecule has 1 aromatic carbocycles. The predicted molar refractivity (Wildman–Crippen MR) is 92.8 cm³/mol. The Morgan fingerprint density at radius 1 is 1.29 bits per heavy atom. The summed E-state index contributed by atoms with van der Waals surface area (Å²) < 4.78 is 13.3. The van der Waals surface area contributed by atoms with E-state index < -0.39 is 0 Å². The van der Waals surface area contributed by atoms with E-state index in [1.807, 2.05) is 25.1 Å². The van der Waals surface area contributed by atoms with Gasteiger partial charge in [0.05, 0.1) is 5.69 Å². The maximum absolute atomic E-state index is 13.3. The number of aromatic nitrogens is 2. The molecule has 1 N–H and O–H groups in total. The number of halogens is 1. The Bertz CT molecular complexity index is 751. The molecular weight excluding hydrogens is 307 g/mol. The lowest BCUT2D eigenvalue weighted by Crippen LogP contribution is -2.33. The van der Waals surface area contributed by atoms with Crippen molar-refractivity contribution >= 4 is 5.95 Å². The minimum atomic E-state index is -0.189. The zero-order valence-electron chi connectivity index (χ0n) is 14.1. The van der Waals surface area contributed by atoms with E-state index >= 15 is 0 Å². The van der Waals surface area contributed by atoms with Gasteiger partial charge in [0, 0.05) is 32.6 Å². The molecular formula is C18H23FN4O. The van der Waals surface area contributed by atoms with E-state index in [9.17, 15) is 9.18 Å². The van der Waals surface area contributed by atoms with Crippen LogP contribution in [0.15, 0.2) is 35.1 Å². The molecule has 1 saturated heterocycles. The van der Waals surface area contributed by atoms with Crippen molar-refractivity contribution in [3.05, 3.63) is 57.8 Å². The van der Waals surface area contributed by atoms with Crippen molar-refractivity contribution in [1.82, 2.24) is 14.9 Å². The SMILES string of the molecule is CN(C)c1nc(C2CCN(Cc3cccc(F)c3)CC2)cc(=O)[nH]1. The van der Waals surface area contributed by atoms with Crippen molar-refractivity contribution in [3.63, 3.8) is 0 Å². The summed E-state index contributed by atoms with van der Waals surface area (Å²) >= 11 is 0. The molecule has 6 heteroatoms. The Kier molecular flexibility index (Phi) is 4.94. The van der Waals surface area contributed by atoms with Gasteiger partial charge in [0.2, 0.25) is 5.95 Å². The first kappa shape index (κ1) is 16.6. The highest BCUT2D eigenvalue weighted by molar-refractivity contribution is 5.28. The third-order valence-electron chi connectivity index (χ3n) is 4.47. The smallest absolute Gasteiger partial charge is 0.252 e. The molecule has 0 bridgehead atoms. The van der Waals surface area contributed by atoms with Gasteiger partial charge in [-0.1, -0.05) is 12.1 Å². The number of H-pyrrole nitrogens is 1. The lowest BCUT2D eigenvalue weighted by atomic mass is 9.93. The molecule has 1 aliphatic rings. The number of rotatable bonds is 4. The minimum Gasteiger partial charge on any atom is -0.348 e. The zero-order valence-corrected chi connectivity index (χ0v) is 14.1. The van der Waals surface area contributed by atoms with Gasteiger partial charge in [0.1, 0.15) is 5.82 Å². The molecule has 0 radical (unpaired) electrons. The second-order valence-corrected chi connectivity index (χ2v) is 6.57. The van der Waals surface area contributed by atoms with Crippen LogP contribution in [0.25, 0.3) is 0 Å². The van der Waals surface area contributed by atoms with E-state index in [0.717, 1.165) is 43.7 Å². The number of hydrogen-bond donors (Lipinski definition) is 1. The van der Waals surface area contributed by atoms with E-state index in [1.54, 1.807) is 18.2 Å². The Hall–Kier alpha value is -2.21. The molecule has 0 spiro atoms. The molecule has 0 amide bonds. The summed E-state index contributed by atoms with van der Waals surface area (Å²) in [4.78, 5) is 23.3. The monoisotopic (exact) mass is 330 g/mol. The normalized spacial score (nSPS) is 16.3. The fraction of sp³-hybridized carbons (Fsp3) is 0.444. The summed E-state index contributed by atoms with van der Waals surface area (Å²) in [5.74, 6) is 0.709. The Balaban J connectivity index is 1.64. The number of likely N-dealkylation sites (tertiary alicyclic amines) is 1. The van der Waals surface area contributed by atoms with Gasteiger partial charge in [-0.3, -0.25) is 14.7 Å². The number of piperidine rings is 1. The van der Waals surface area contributed by atoms with Gasteiger partial charge in [-0.2, -0.15) is 0 Å². The highest BCUT2D eigenvalue weighted by atomic mass is 19.1. The topological polar surface area (TPSA) is 52.2 Å². The third-order valence-corrected chi connectivity index (χ3v) is 4.47. The number of anilines is 1. The van der Waals surface area contributed by atoms with Gasteiger partial charge >= 0.3 is 0 Å². The van der Waals surface area contributed by atoms with Crippen LogP contribution >= 0.6 is 0 Å². The lowest BCUT2D eigenvalue weighted by molar-refractivity contribution is 0.203. The molecule has 0 atom stereocenters. The highest BCUT2D eigenvalue weighted by Gasteiger charge is 2.22. The van der Waals surface area contributed by atoms with Crippen LogP contribution in [0.1, 0.15) is 30.0 Å². The molecule has 0 unspecified atom stereocenters. The average molecular weight is 330 g/mol. The van der Waals surface area contributed by atoms with Crippen LogP contribution in [0, 0.1) is 5.82 Å². The first-order chi connectivity index (χ1) is 11.5. The van der Waals surface area contributed by atoms with Gasteiger partial charge in [0.25, 0.3) is 5.56 Å². The summed E-state index contributed by atoms with van der Waals surface area (Å²) in [7, 11) is 3.73. The van der Waals surface area contributed by atoms with Crippen molar-refractivity contribution in [2.24, 2.45) is 0 Å². The maximum Gasteiger partial charge on any atom is 0.252 e. The summed E-state index contributed by atoms with van der Waals surface area (Å²) in [5.41, 5.74) is 1.76. The fourth-order valence-corrected chi connectivity index (χ4v) is 3.16. The Morgan fingerprint density at radius 2 is 2.04 bits per heavy atom. The van der Waals surface area contributed by atoms with Gasteiger partial charge in [-0.05, 0) is 43.6 Å². The molecule has 3 rings (SSSR count). The molecule has 2 heterocycles. The summed E-state index contributed by atoms with van der Waals surface area (Å²) in [6, 6.07) is 8.38. The number of nitrogens with one attached hydrogen (secondary N) is 1. The summed E-state index contributed by atoms with van der Waals surface area (Å²) in [6.07, 6.45) is 1.91. The van der Waals surface area contributed by atoms with Crippen molar-refractivity contribution in [1.29, 1.82) is 0 Å². The Labute approximate surface area is 141 Å². The standard InChI is InChI=1S/C18H23FN4O/c1-22(2)18-20-16(11-17(24)21-18)14-6-8-23(9-7-14)12-13-4-3-5-15(19)10-13/h3-5,10-11,14H,6-9,12H2,1-2H3,(H,20,21,24). The molecule has 128 valence electrons. The van der Waals surface area contributed by atoms with E-state index in [-0.39, 0.29) is 11.4 Å². The van der Waals surface area contributed by atoms with Crippen molar-refractivity contribution in [3.8, 4) is 0 Å². The molecule has 1 aromatic heterocycles. The Morgan fingerprint density at radius 3 is 2.71 bits per heavy atom. The fourth-order valence-electron chi connectivity index (χ4n) is 3.16. The van der Waals surface area contributed by atoms with Gasteiger partial charge < -0.3 is 4.90 Å². The van der Waals surface area contributed by atoms with Gasteiger partial charge in [-0.25, -0.2) is 9.37 Å². The first-order valence-electron chi connectivity index (χ1n) is 8.26. The van der Waals surface area contributed by atoms with Crippen molar-refractivity contribution in [2.45, 2.75) is 25.3 Å². The highest BCUT2D eigenvalue weighted by Crippen LogP contribution is 2.27. The molecule has 24 heavy (non-hydrogen) atoms. The van der Waals surface area contributed by atoms with Crippen molar-refractivity contribution < 1.29 is 4.39 Å². The molecule has 0 aliphatic carbocycles. The van der Waals surface area contributed by atoms with Crippen molar-refractivity contribution in [2.75, 3.05) is 32.1 Å². The van der Waals surface area contributed by atoms with Gasteiger partial charge in [0.15, 0.2) is 0 Å². The van der Waals surface area contributed by atoms with Crippen LogP contribution in [0.3, 0.4) is 0 Å². The number of hydrogen-bond acceptors (Lipinski definition) is 4. The van der Waals surface area contributed by atoms with E-state index in [2.05, 4.69) is 14.9 Å². The van der Waals surface area contributed by atoms with Gasteiger partial charge in [-0.15, -0.1) is 0 Å². The van der Waals surface area contributed by atoms with E-state index in [4.69, 9.17) is 0 Å².